The molecule has 134 valence electrons. The summed E-state index contributed by atoms with van der Waals surface area (Å²) in [6.45, 7) is 6.29. The average Bonchev–Trinajstić information content (AvgIpc) is 3.24. The molecule has 25 heavy (non-hydrogen) atoms. The summed E-state index contributed by atoms with van der Waals surface area (Å²) in [5.41, 5.74) is 3.13. The van der Waals surface area contributed by atoms with Gasteiger partial charge in [0, 0.05) is 37.6 Å². The third-order valence-electron chi connectivity index (χ3n) is 4.08. The molecule has 0 aromatic carbocycles. The molecule has 3 aromatic heterocycles. The van der Waals surface area contributed by atoms with Crippen molar-refractivity contribution < 1.29 is 9.52 Å². The maximum Gasteiger partial charge on any atom is 0.117 e. The van der Waals surface area contributed by atoms with E-state index in [4.69, 9.17) is 4.42 Å². The highest BCUT2D eigenvalue weighted by atomic mass is 16.3. The molecule has 3 rings (SSSR count). The largest absolute Gasteiger partial charge is 0.468 e. The van der Waals surface area contributed by atoms with Crippen molar-refractivity contribution in [2.45, 2.75) is 39.6 Å². The fraction of sp³-hybridized carbons (Fsp3) is 0.444. The molecule has 1 N–H and O–H groups in total. The molecule has 0 radical (unpaired) electrons. The lowest BCUT2D eigenvalue weighted by molar-refractivity contribution is 0.0839. The highest BCUT2D eigenvalue weighted by Crippen LogP contribution is 2.12. The summed E-state index contributed by atoms with van der Waals surface area (Å²) in [7, 11) is 1.90. The van der Waals surface area contributed by atoms with Crippen LogP contribution in [0, 0.1) is 13.8 Å². The van der Waals surface area contributed by atoms with Gasteiger partial charge in [-0.15, -0.1) is 0 Å². The zero-order valence-electron chi connectivity index (χ0n) is 15.0. The lowest BCUT2D eigenvalue weighted by Crippen LogP contribution is -2.34. The smallest absolute Gasteiger partial charge is 0.117 e. The standard InChI is InChI=1S/C18H25N5O2/c1-14-7-15(2)23(20-14)12-17(24)11-22(13-18-5-4-6-25-18)10-16-8-19-21(3)9-16/h4-9,17,24H,10-13H2,1-3H3. The Kier molecular flexibility index (Phi) is 5.35. The van der Waals surface area contributed by atoms with Crippen LogP contribution in [0.5, 0.6) is 0 Å². The van der Waals surface area contributed by atoms with Crippen molar-refractivity contribution in [2.24, 2.45) is 7.05 Å². The van der Waals surface area contributed by atoms with Crippen LogP contribution in [0.1, 0.15) is 22.7 Å². The maximum atomic E-state index is 10.6. The van der Waals surface area contributed by atoms with E-state index in [1.165, 1.54) is 0 Å². The predicted octanol–water partition coefficient (Wildman–Crippen LogP) is 1.89. The Morgan fingerprint density at radius 2 is 2.16 bits per heavy atom. The number of hydrogen-bond donors (Lipinski definition) is 1. The Morgan fingerprint density at radius 1 is 1.32 bits per heavy atom. The minimum absolute atomic E-state index is 0.474. The molecule has 0 saturated carbocycles. The van der Waals surface area contributed by atoms with Crippen molar-refractivity contribution in [3.8, 4) is 0 Å². The van der Waals surface area contributed by atoms with Crippen LogP contribution in [0.25, 0.3) is 0 Å². The monoisotopic (exact) mass is 343 g/mol. The molecule has 0 aliphatic carbocycles. The van der Waals surface area contributed by atoms with Gasteiger partial charge in [-0.2, -0.15) is 10.2 Å². The third kappa shape index (κ3) is 4.80. The lowest BCUT2D eigenvalue weighted by atomic mass is 10.2. The topological polar surface area (TPSA) is 72.2 Å². The highest BCUT2D eigenvalue weighted by Gasteiger charge is 2.16. The summed E-state index contributed by atoms with van der Waals surface area (Å²) in [5, 5.41) is 19.2. The second-order valence-corrected chi connectivity index (χ2v) is 6.53. The van der Waals surface area contributed by atoms with Gasteiger partial charge in [0.15, 0.2) is 0 Å². The first-order chi connectivity index (χ1) is 12.0. The van der Waals surface area contributed by atoms with Gasteiger partial charge in [0.25, 0.3) is 0 Å². The van der Waals surface area contributed by atoms with Crippen LogP contribution in [-0.4, -0.2) is 42.2 Å². The van der Waals surface area contributed by atoms with Crippen molar-refractivity contribution in [3.63, 3.8) is 0 Å². The van der Waals surface area contributed by atoms with Crippen LogP contribution in [0.2, 0.25) is 0 Å². The molecule has 0 aliphatic rings. The lowest BCUT2D eigenvalue weighted by Gasteiger charge is -2.24. The van der Waals surface area contributed by atoms with E-state index in [9.17, 15) is 5.11 Å². The van der Waals surface area contributed by atoms with E-state index in [0.717, 1.165) is 22.7 Å². The fourth-order valence-corrected chi connectivity index (χ4v) is 3.03. The zero-order valence-corrected chi connectivity index (χ0v) is 15.0. The van der Waals surface area contributed by atoms with Crippen LogP contribution in [0.15, 0.2) is 41.3 Å². The van der Waals surface area contributed by atoms with E-state index < -0.39 is 6.10 Å². The van der Waals surface area contributed by atoms with Gasteiger partial charge < -0.3 is 9.52 Å². The fourth-order valence-electron chi connectivity index (χ4n) is 3.03. The van der Waals surface area contributed by atoms with Crippen molar-refractivity contribution in [2.75, 3.05) is 6.54 Å². The Balaban J connectivity index is 1.66. The second-order valence-electron chi connectivity index (χ2n) is 6.53. The van der Waals surface area contributed by atoms with E-state index >= 15 is 0 Å². The van der Waals surface area contributed by atoms with E-state index in [1.807, 2.05) is 56.2 Å². The van der Waals surface area contributed by atoms with Crippen molar-refractivity contribution >= 4 is 0 Å². The minimum Gasteiger partial charge on any atom is -0.468 e. The third-order valence-corrected chi connectivity index (χ3v) is 4.08. The number of aromatic nitrogens is 4. The average molecular weight is 343 g/mol. The summed E-state index contributed by atoms with van der Waals surface area (Å²) in [6, 6.07) is 5.84. The second kappa shape index (κ2) is 7.67. The Bertz CT molecular complexity index is 790. The molecule has 1 atom stereocenters. The molecule has 7 nitrogen and oxygen atoms in total. The molecule has 0 aliphatic heterocycles. The first-order valence-corrected chi connectivity index (χ1v) is 8.41. The van der Waals surface area contributed by atoms with Gasteiger partial charge in [-0.05, 0) is 32.0 Å². The zero-order chi connectivity index (χ0) is 17.8. The summed E-state index contributed by atoms with van der Waals surface area (Å²) in [6.07, 6.45) is 4.99. The normalized spacial score (nSPS) is 12.8. The van der Waals surface area contributed by atoms with Crippen molar-refractivity contribution in [1.82, 2.24) is 24.5 Å². The van der Waals surface area contributed by atoms with E-state index in [0.29, 0.717) is 26.2 Å². The van der Waals surface area contributed by atoms with Gasteiger partial charge in [0.2, 0.25) is 0 Å². The van der Waals surface area contributed by atoms with Crippen LogP contribution >= 0.6 is 0 Å². The summed E-state index contributed by atoms with van der Waals surface area (Å²) < 4.78 is 9.11. The molecule has 0 spiro atoms. The number of nitrogens with zero attached hydrogens (tertiary/aromatic N) is 5. The van der Waals surface area contributed by atoms with Gasteiger partial charge in [0.05, 0.1) is 37.3 Å². The first-order valence-electron chi connectivity index (χ1n) is 8.41. The molecule has 0 fully saturated rings. The molecule has 7 heteroatoms. The molecule has 0 amide bonds. The number of aliphatic hydroxyl groups is 1. The Morgan fingerprint density at radius 3 is 2.76 bits per heavy atom. The SMILES string of the molecule is Cc1cc(C)n(CC(O)CN(Cc2cnn(C)c2)Cc2ccco2)n1. The molecule has 3 aromatic rings. The maximum absolute atomic E-state index is 10.6. The van der Waals surface area contributed by atoms with Gasteiger partial charge in [-0.1, -0.05) is 0 Å². The minimum atomic E-state index is -0.523. The number of aryl methyl sites for hydroxylation is 3. The first kappa shape index (κ1) is 17.4. The van der Waals surface area contributed by atoms with Crippen molar-refractivity contribution in [1.29, 1.82) is 0 Å². The van der Waals surface area contributed by atoms with Crippen LogP contribution in [-0.2, 0) is 26.7 Å². The van der Waals surface area contributed by atoms with Crippen LogP contribution in [0.3, 0.4) is 0 Å². The molecule has 0 bridgehead atoms. The summed E-state index contributed by atoms with van der Waals surface area (Å²) in [4.78, 5) is 2.16. The Labute approximate surface area is 147 Å². The molecular weight excluding hydrogens is 318 g/mol. The van der Waals surface area contributed by atoms with Crippen molar-refractivity contribution in [3.05, 3.63) is 59.6 Å². The molecule has 3 heterocycles. The number of rotatable bonds is 8. The van der Waals surface area contributed by atoms with Gasteiger partial charge in [-0.3, -0.25) is 14.3 Å². The van der Waals surface area contributed by atoms with Gasteiger partial charge >= 0.3 is 0 Å². The summed E-state index contributed by atoms with van der Waals surface area (Å²) >= 11 is 0. The van der Waals surface area contributed by atoms with E-state index in [1.54, 1.807) is 10.9 Å². The molecule has 1 unspecified atom stereocenters. The highest BCUT2D eigenvalue weighted by molar-refractivity contribution is 5.07. The van der Waals surface area contributed by atoms with Gasteiger partial charge in [-0.25, -0.2) is 0 Å². The quantitative estimate of drug-likeness (QED) is 0.676. The predicted molar refractivity (Wildman–Crippen MR) is 93.7 cm³/mol. The number of hydrogen-bond acceptors (Lipinski definition) is 5. The van der Waals surface area contributed by atoms with E-state index in [2.05, 4.69) is 15.1 Å². The Hall–Kier alpha value is -2.38. The number of furan rings is 1. The van der Waals surface area contributed by atoms with Crippen LogP contribution < -0.4 is 0 Å². The van der Waals surface area contributed by atoms with Crippen LogP contribution in [0.4, 0.5) is 0 Å². The summed E-state index contributed by atoms with van der Waals surface area (Å²) in [5.74, 6) is 0.877. The molecular formula is C18H25N5O2. The van der Waals surface area contributed by atoms with Gasteiger partial charge in [0.1, 0.15) is 5.76 Å². The molecule has 0 saturated heterocycles. The number of aliphatic hydroxyl groups excluding tert-OH is 1. The van der Waals surface area contributed by atoms with E-state index in [-0.39, 0.29) is 0 Å².